The summed E-state index contributed by atoms with van der Waals surface area (Å²) in [5.74, 6) is 1.45. The van der Waals surface area contributed by atoms with Crippen molar-refractivity contribution in [3.05, 3.63) is 41.6 Å². The average molecular weight is 565 g/mol. The molecule has 1 atom stereocenters. The Bertz CT molecular complexity index is 1470. The molecule has 0 bridgehead atoms. The molecular formula is C28H28N4O7S. The highest BCUT2D eigenvalue weighted by Gasteiger charge is 2.30. The standard InChI is InChI=1S/C28H28N4O7S/c1-35-9-7-16-5-6-20(27-26(16)38-15-39-27)31-25-17(12-29)13-30-21-11-24(23(36-2)10-19(21)25)37-8-3-4-18-22(33)14-40-32-28(18)34/h5-6,10-11,13,18H,3-4,7-9,14-15H2,1-2H3,(H,30,31)(H,32,34). The second-order valence-corrected chi connectivity index (χ2v) is 9.93. The maximum absolute atomic E-state index is 12.1. The molecule has 1 aromatic heterocycles. The molecule has 40 heavy (non-hydrogen) atoms. The molecule has 2 aliphatic heterocycles. The molecule has 1 saturated heterocycles. The van der Waals surface area contributed by atoms with Crippen molar-refractivity contribution in [1.29, 1.82) is 5.26 Å². The molecule has 1 amide bonds. The van der Waals surface area contributed by atoms with Crippen LogP contribution in [0, 0.1) is 17.2 Å². The lowest BCUT2D eigenvalue weighted by Gasteiger charge is -2.20. The van der Waals surface area contributed by atoms with Gasteiger partial charge in [-0.15, -0.1) is 0 Å². The third-order valence-corrected chi connectivity index (χ3v) is 7.47. The number of Topliss-reactive ketones (excluding diaryl/α,β-unsaturated/α-hetero) is 1. The number of hydrogen-bond donors (Lipinski definition) is 2. The van der Waals surface area contributed by atoms with Crippen molar-refractivity contribution in [2.75, 3.05) is 45.3 Å². The smallest absolute Gasteiger partial charge is 0.240 e. The van der Waals surface area contributed by atoms with Crippen molar-refractivity contribution in [2.24, 2.45) is 5.92 Å². The number of methoxy groups -OCH3 is 2. The van der Waals surface area contributed by atoms with E-state index in [9.17, 15) is 14.9 Å². The molecule has 5 rings (SSSR count). The number of hydrogen-bond acceptors (Lipinski definition) is 11. The minimum atomic E-state index is -0.645. The van der Waals surface area contributed by atoms with Gasteiger partial charge in [-0.1, -0.05) is 6.07 Å². The fourth-order valence-electron chi connectivity index (χ4n) is 4.64. The summed E-state index contributed by atoms with van der Waals surface area (Å²) in [6.45, 7) is 0.934. The van der Waals surface area contributed by atoms with Gasteiger partial charge in [-0.3, -0.25) is 19.3 Å². The van der Waals surface area contributed by atoms with Gasteiger partial charge >= 0.3 is 0 Å². The molecule has 0 saturated carbocycles. The van der Waals surface area contributed by atoms with Crippen molar-refractivity contribution in [1.82, 2.24) is 9.71 Å². The number of fused-ring (bicyclic) bond motifs is 2. The van der Waals surface area contributed by atoms with Gasteiger partial charge in [0.1, 0.15) is 6.07 Å². The molecule has 0 aliphatic carbocycles. The van der Waals surface area contributed by atoms with E-state index in [1.807, 2.05) is 12.1 Å². The van der Waals surface area contributed by atoms with Crippen LogP contribution < -0.4 is 29.0 Å². The van der Waals surface area contributed by atoms with Crippen LogP contribution in [0.2, 0.25) is 0 Å². The Hall–Kier alpha value is -4.21. The lowest BCUT2D eigenvalue weighted by molar-refractivity contribution is -0.132. The first-order valence-electron chi connectivity index (χ1n) is 12.7. The van der Waals surface area contributed by atoms with E-state index in [1.165, 1.54) is 13.3 Å². The van der Waals surface area contributed by atoms with Crippen LogP contribution in [0.3, 0.4) is 0 Å². The second kappa shape index (κ2) is 12.3. The molecular weight excluding hydrogens is 536 g/mol. The number of ether oxygens (including phenoxy) is 5. The number of benzene rings is 2. The molecule has 12 heteroatoms. The second-order valence-electron chi connectivity index (χ2n) is 9.15. The summed E-state index contributed by atoms with van der Waals surface area (Å²) >= 11 is 1.12. The molecule has 0 radical (unpaired) electrons. The summed E-state index contributed by atoms with van der Waals surface area (Å²) in [6.07, 6.45) is 3.08. The number of carbonyl (C=O) groups is 2. The van der Waals surface area contributed by atoms with Crippen LogP contribution in [0.15, 0.2) is 30.5 Å². The van der Waals surface area contributed by atoms with E-state index >= 15 is 0 Å². The number of nitriles is 1. The van der Waals surface area contributed by atoms with E-state index < -0.39 is 5.92 Å². The van der Waals surface area contributed by atoms with E-state index in [1.54, 1.807) is 19.2 Å². The number of pyridine rings is 1. The maximum Gasteiger partial charge on any atom is 0.240 e. The molecule has 2 aliphatic rings. The van der Waals surface area contributed by atoms with Gasteiger partial charge in [-0.25, -0.2) is 0 Å². The summed E-state index contributed by atoms with van der Waals surface area (Å²) in [5, 5.41) is 13.9. The lowest BCUT2D eigenvalue weighted by atomic mass is 9.98. The van der Waals surface area contributed by atoms with Crippen LogP contribution in [-0.2, 0) is 20.7 Å². The van der Waals surface area contributed by atoms with E-state index in [-0.39, 0.29) is 30.8 Å². The molecule has 2 N–H and O–H groups in total. The van der Waals surface area contributed by atoms with Gasteiger partial charge in [0, 0.05) is 30.3 Å². The van der Waals surface area contributed by atoms with E-state index in [0.29, 0.717) is 76.7 Å². The van der Waals surface area contributed by atoms with Crippen molar-refractivity contribution < 1.29 is 33.3 Å². The molecule has 1 unspecified atom stereocenters. The highest BCUT2D eigenvalue weighted by molar-refractivity contribution is 7.98. The van der Waals surface area contributed by atoms with Crippen LogP contribution in [0.5, 0.6) is 23.0 Å². The summed E-state index contributed by atoms with van der Waals surface area (Å²) in [6, 6.07) is 9.54. The van der Waals surface area contributed by atoms with Crippen molar-refractivity contribution >= 4 is 45.9 Å². The quantitative estimate of drug-likeness (QED) is 0.199. The fourth-order valence-corrected chi connectivity index (χ4v) is 5.34. The number of carbonyl (C=O) groups excluding carboxylic acids is 2. The van der Waals surface area contributed by atoms with Gasteiger partial charge < -0.3 is 29.0 Å². The predicted octanol–water partition coefficient (Wildman–Crippen LogP) is 3.90. The lowest BCUT2D eigenvalue weighted by Crippen LogP contribution is -2.38. The fraction of sp³-hybridized carbons (Fsp3) is 0.357. The topological polar surface area (TPSA) is 141 Å². The van der Waals surface area contributed by atoms with E-state index in [4.69, 9.17) is 23.7 Å². The van der Waals surface area contributed by atoms with Gasteiger partial charge in [-0.05, 0) is 43.3 Å². The molecule has 208 valence electrons. The first-order valence-corrected chi connectivity index (χ1v) is 13.7. The van der Waals surface area contributed by atoms with Crippen molar-refractivity contribution in [2.45, 2.75) is 19.3 Å². The zero-order valence-corrected chi connectivity index (χ0v) is 22.9. The molecule has 3 heterocycles. The molecule has 11 nitrogen and oxygen atoms in total. The van der Waals surface area contributed by atoms with Crippen molar-refractivity contribution in [3.8, 4) is 29.1 Å². The van der Waals surface area contributed by atoms with Crippen LogP contribution >= 0.6 is 11.9 Å². The highest BCUT2D eigenvalue weighted by atomic mass is 32.2. The monoisotopic (exact) mass is 564 g/mol. The third-order valence-electron chi connectivity index (χ3n) is 6.70. The van der Waals surface area contributed by atoms with Gasteiger partial charge in [0.05, 0.1) is 54.4 Å². The normalized spacial score (nSPS) is 16.0. The zero-order chi connectivity index (χ0) is 28.1. The van der Waals surface area contributed by atoms with Crippen LogP contribution in [0.1, 0.15) is 24.0 Å². The summed E-state index contributed by atoms with van der Waals surface area (Å²) in [5.41, 5.74) is 3.08. The van der Waals surface area contributed by atoms with Gasteiger partial charge in [0.15, 0.2) is 28.8 Å². The van der Waals surface area contributed by atoms with Crippen LogP contribution in [0.25, 0.3) is 10.9 Å². The number of nitrogens with one attached hydrogen (secondary N) is 2. The van der Waals surface area contributed by atoms with E-state index in [2.05, 4.69) is 21.1 Å². The molecule has 1 fully saturated rings. The molecule has 2 aromatic carbocycles. The number of amides is 1. The highest BCUT2D eigenvalue weighted by Crippen LogP contribution is 2.45. The first kappa shape index (κ1) is 27.4. The number of ketones is 1. The zero-order valence-electron chi connectivity index (χ0n) is 22.1. The Morgan fingerprint density at radius 1 is 1.18 bits per heavy atom. The average Bonchev–Trinajstić information content (AvgIpc) is 3.46. The van der Waals surface area contributed by atoms with Gasteiger partial charge in [0.2, 0.25) is 12.7 Å². The van der Waals surface area contributed by atoms with Gasteiger partial charge in [0.25, 0.3) is 0 Å². The van der Waals surface area contributed by atoms with E-state index in [0.717, 1.165) is 17.5 Å². The number of aromatic nitrogens is 1. The van der Waals surface area contributed by atoms with Crippen LogP contribution in [0.4, 0.5) is 11.4 Å². The summed E-state index contributed by atoms with van der Waals surface area (Å²) in [7, 11) is 3.18. The summed E-state index contributed by atoms with van der Waals surface area (Å²) in [4.78, 5) is 28.5. The maximum atomic E-state index is 12.1. The molecule has 0 spiro atoms. The number of anilines is 2. The minimum absolute atomic E-state index is 0.0678. The minimum Gasteiger partial charge on any atom is -0.493 e. The Labute approximate surface area is 235 Å². The Morgan fingerprint density at radius 3 is 2.80 bits per heavy atom. The summed E-state index contributed by atoms with van der Waals surface area (Å²) < 4.78 is 30.9. The Kier molecular flexibility index (Phi) is 8.42. The Morgan fingerprint density at radius 2 is 2.02 bits per heavy atom. The largest absolute Gasteiger partial charge is 0.493 e. The number of rotatable bonds is 11. The molecule has 3 aromatic rings. The van der Waals surface area contributed by atoms with Crippen molar-refractivity contribution in [3.63, 3.8) is 0 Å². The third kappa shape index (κ3) is 5.57. The van der Waals surface area contributed by atoms with Crippen LogP contribution in [-0.4, -0.2) is 56.7 Å². The predicted molar refractivity (Wildman–Crippen MR) is 148 cm³/mol. The Balaban J connectivity index is 1.39. The first-order chi connectivity index (χ1) is 19.5. The SMILES string of the molecule is COCCc1ccc(Nc2c(C#N)cnc3cc(OCCCC4C(=O)CSNC4=O)c(OC)cc23)c2c1OCO2. The van der Waals surface area contributed by atoms with Gasteiger partial charge in [-0.2, -0.15) is 5.26 Å². The number of nitrogens with zero attached hydrogens (tertiary/aromatic N) is 2.